The van der Waals surface area contributed by atoms with Crippen molar-refractivity contribution in [2.24, 2.45) is 0 Å². The first-order valence-electron chi connectivity index (χ1n) is 4.07. The zero-order chi connectivity index (χ0) is 9.84. The Morgan fingerprint density at radius 3 is 2.54 bits per heavy atom. The summed E-state index contributed by atoms with van der Waals surface area (Å²) in [5.41, 5.74) is 1.49. The van der Waals surface area contributed by atoms with Gasteiger partial charge in [0.25, 0.3) is 6.43 Å². The molecule has 0 aliphatic carbocycles. The lowest BCUT2D eigenvalue weighted by Gasteiger charge is -2.13. The van der Waals surface area contributed by atoms with Crippen LogP contribution in [0.1, 0.15) is 12.6 Å². The second kappa shape index (κ2) is 4.16. The molecular weight excluding hydrogens is 174 g/mol. The second-order valence-electron chi connectivity index (χ2n) is 2.96. The molecule has 0 fully saturated rings. The lowest BCUT2D eigenvalue weighted by atomic mass is 10.3. The first kappa shape index (κ1) is 9.89. The van der Waals surface area contributed by atoms with Crippen LogP contribution in [0.5, 0.6) is 0 Å². The van der Waals surface area contributed by atoms with E-state index in [9.17, 15) is 8.78 Å². The van der Waals surface area contributed by atoms with Crippen molar-refractivity contribution in [2.45, 2.75) is 26.3 Å². The van der Waals surface area contributed by atoms with Gasteiger partial charge in [0, 0.05) is 5.69 Å². The third kappa shape index (κ3) is 2.97. The summed E-state index contributed by atoms with van der Waals surface area (Å²) in [4.78, 5) is 3.98. The molecule has 0 aliphatic rings. The van der Waals surface area contributed by atoms with E-state index >= 15 is 0 Å². The van der Waals surface area contributed by atoms with Crippen molar-refractivity contribution in [1.29, 1.82) is 0 Å². The third-order valence-corrected chi connectivity index (χ3v) is 1.68. The van der Waals surface area contributed by atoms with Gasteiger partial charge in [-0.25, -0.2) is 8.78 Å². The van der Waals surface area contributed by atoms with Crippen molar-refractivity contribution in [3.8, 4) is 0 Å². The van der Waals surface area contributed by atoms with Gasteiger partial charge < -0.3 is 5.32 Å². The Balaban J connectivity index is 2.59. The summed E-state index contributed by atoms with van der Waals surface area (Å²) in [6, 6.07) is 2.67. The maximum Gasteiger partial charge on any atom is 0.258 e. The van der Waals surface area contributed by atoms with Crippen LogP contribution in [0, 0.1) is 6.92 Å². The fourth-order valence-corrected chi connectivity index (χ4v) is 0.879. The molecule has 0 radical (unpaired) electrons. The minimum absolute atomic E-state index is 0.624. The molecule has 1 N–H and O–H groups in total. The molecule has 0 bridgehead atoms. The molecule has 0 aromatic carbocycles. The average Bonchev–Trinajstić information content (AvgIpc) is 2.08. The molecule has 1 heterocycles. The van der Waals surface area contributed by atoms with Crippen molar-refractivity contribution < 1.29 is 8.78 Å². The quantitative estimate of drug-likeness (QED) is 0.784. The molecule has 1 atom stereocenters. The molecular formula is C9H12F2N2. The number of rotatable bonds is 3. The van der Waals surface area contributed by atoms with E-state index < -0.39 is 12.5 Å². The predicted molar refractivity (Wildman–Crippen MR) is 48.1 cm³/mol. The molecule has 72 valence electrons. The first-order valence-corrected chi connectivity index (χ1v) is 4.07. The van der Waals surface area contributed by atoms with Gasteiger partial charge in [0.05, 0.1) is 17.9 Å². The number of aryl methyl sites for hydroxylation is 1. The van der Waals surface area contributed by atoms with Crippen LogP contribution in [0.15, 0.2) is 18.3 Å². The van der Waals surface area contributed by atoms with E-state index in [2.05, 4.69) is 10.3 Å². The zero-order valence-electron chi connectivity index (χ0n) is 7.59. The molecule has 0 amide bonds. The summed E-state index contributed by atoms with van der Waals surface area (Å²) in [6.45, 7) is 3.28. The molecule has 0 spiro atoms. The topological polar surface area (TPSA) is 24.9 Å². The average molecular weight is 186 g/mol. The molecule has 1 aromatic heterocycles. The van der Waals surface area contributed by atoms with Crippen molar-refractivity contribution in [3.05, 3.63) is 24.0 Å². The van der Waals surface area contributed by atoms with Crippen molar-refractivity contribution in [2.75, 3.05) is 5.32 Å². The molecule has 0 aliphatic heterocycles. The van der Waals surface area contributed by atoms with Gasteiger partial charge in [0.15, 0.2) is 0 Å². The highest BCUT2D eigenvalue weighted by atomic mass is 19.3. The fourth-order valence-electron chi connectivity index (χ4n) is 0.879. The molecule has 13 heavy (non-hydrogen) atoms. The Hall–Kier alpha value is -1.19. The number of nitrogens with one attached hydrogen (secondary N) is 1. The molecule has 4 heteroatoms. The maximum absolute atomic E-state index is 12.1. The van der Waals surface area contributed by atoms with Crippen LogP contribution in [0.3, 0.4) is 0 Å². The van der Waals surface area contributed by atoms with Crippen molar-refractivity contribution >= 4 is 5.69 Å². The van der Waals surface area contributed by atoms with E-state index in [1.54, 1.807) is 18.3 Å². The number of pyridine rings is 1. The van der Waals surface area contributed by atoms with Gasteiger partial charge in [-0.15, -0.1) is 0 Å². The number of aromatic nitrogens is 1. The Morgan fingerprint density at radius 1 is 1.38 bits per heavy atom. The molecule has 0 saturated heterocycles. The van der Waals surface area contributed by atoms with E-state index in [4.69, 9.17) is 0 Å². The monoisotopic (exact) mass is 186 g/mol. The number of alkyl halides is 2. The van der Waals surface area contributed by atoms with E-state index in [1.165, 1.54) is 6.92 Å². The van der Waals surface area contributed by atoms with Crippen LogP contribution in [-0.4, -0.2) is 17.5 Å². The molecule has 0 saturated carbocycles. The Bertz CT molecular complexity index is 259. The Kier molecular flexibility index (Phi) is 3.17. The number of hydrogen-bond acceptors (Lipinski definition) is 2. The van der Waals surface area contributed by atoms with Crippen LogP contribution in [0.25, 0.3) is 0 Å². The highest BCUT2D eigenvalue weighted by molar-refractivity contribution is 5.41. The number of hydrogen-bond donors (Lipinski definition) is 1. The van der Waals surface area contributed by atoms with E-state index in [-0.39, 0.29) is 0 Å². The lowest BCUT2D eigenvalue weighted by Crippen LogP contribution is -2.23. The van der Waals surface area contributed by atoms with E-state index in [0.717, 1.165) is 5.69 Å². The molecule has 1 rings (SSSR count). The Labute approximate surface area is 76.0 Å². The number of nitrogens with zero attached hydrogens (tertiary/aromatic N) is 1. The normalized spacial score (nSPS) is 13.0. The van der Waals surface area contributed by atoms with Gasteiger partial charge in [-0.1, -0.05) is 0 Å². The van der Waals surface area contributed by atoms with Gasteiger partial charge in [-0.05, 0) is 26.0 Å². The van der Waals surface area contributed by atoms with Gasteiger partial charge in [-0.2, -0.15) is 0 Å². The molecule has 2 nitrogen and oxygen atoms in total. The summed E-state index contributed by atoms with van der Waals surface area (Å²) in [5, 5.41) is 2.66. The van der Waals surface area contributed by atoms with Gasteiger partial charge in [-0.3, -0.25) is 4.98 Å². The van der Waals surface area contributed by atoms with Crippen LogP contribution >= 0.6 is 0 Å². The highest BCUT2D eigenvalue weighted by Crippen LogP contribution is 2.10. The number of halogens is 2. The molecule has 1 aromatic rings. The summed E-state index contributed by atoms with van der Waals surface area (Å²) >= 11 is 0. The largest absolute Gasteiger partial charge is 0.376 e. The zero-order valence-corrected chi connectivity index (χ0v) is 7.59. The third-order valence-electron chi connectivity index (χ3n) is 1.68. The maximum atomic E-state index is 12.1. The van der Waals surface area contributed by atoms with E-state index in [1.807, 2.05) is 6.92 Å². The van der Waals surface area contributed by atoms with Crippen LogP contribution in [0.4, 0.5) is 14.5 Å². The smallest absolute Gasteiger partial charge is 0.258 e. The number of anilines is 1. The van der Waals surface area contributed by atoms with Crippen molar-refractivity contribution in [1.82, 2.24) is 4.98 Å². The standard InChI is InChI=1S/C9H12F2N2/c1-6-3-4-8(5-12-6)13-7(2)9(10)11/h3-5,7,9,13H,1-2H3. The second-order valence-corrected chi connectivity index (χ2v) is 2.96. The van der Waals surface area contributed by atoms with Crippen LogP contribution < -0.4 is 5.32 Å². The van der Waals surface area contributed by atoms with Gasteiger partial charge >= 0.3 is 0 Å². The highest BCUT2D eigenvalue weighted by Gasteiger charge is 2.13. The summed E-state index contributed by atoms with van der Waals surface area (Å²) < 4.78 is 24.2. The first-order chi connectivity index (χ1) is 6.09. The van der Waals surface area contributed by atoms with Crippen LogP contribution in [-0.2, 0) is 0 Å². The van der Waals surface area contributed by atoms with Gasteiger partial charge in [0.1, 0.15) is 0 Å². The van der Waals surface area contributed by atoms with Gasteiger partial charge in [0.2, 0.25) is 0 Å². The Morgan fingerprint density at radius 2 is 2.08 bits per heavy atom. The van der Waals surface area contributed by atoms with Crippen molar-refractivity contribution in [3.63, 3.8) is 0 Å². The minimum atomic E-state index is -2.36. The fraction of sp³-hybridized carbons (Fsp3) is 0.444. The van der Waals surface area contributed by atoms with E-state index in [0.29, 0.717) is 5.69 Å². The van der Waals surface area contributed by atoms with Crippen LogP contribution in [0.2, 0.25) is 0 Å². The summed E-state index contributed by atoms with van der Waals surface area (Å²) in [5.74, 6) is 0. The summed E-state index contributed by atoms with van der Waals surface area (Å²) in [6.07, 6.45) is -0.810. The SMILES string of the molecule is Cc1ccc(NC(C)C(F)F)cn1. The lowest BCUT2D eigenvalue weighted by molar-refractivity contribution is 0.130. The minimum Gasteiger partial charge on any atom is -0.376 e. The summed E-state index contributed by atoms with van der Waals surface area (Å²) in [7, 11) is 0. The predicted octanol–water partition coefficient (Wildman–Crippen LogP) is 2.46. The molecule has 1 unspecified atom stereocenters.